The molecule has 4 N–H and O–H groups in total. The van der Waals surface area contributed by atoms with E-state index < -0.39 is 28.7 Å². The predicted molar refractivity (Wildman–Crippen MR) is 59.8 cm³/mol. The summed E-state index contributed by atoms with van der Waals surface area (Å²) < 4.78 is 4.81. The van der Waals surface area contributed by atoms with Crippen LogP contribution >= 0.6 is 0 Å². The van der Waals surface area contributed by atoms with E-state index >= 15 is 0 Å². The zero-order valence-corrected chi connectivity index (χ0v) is 9.44. The Morgan fingerprint density at radius 3 is 2.56 bits per heavy atom. The highest BCUT2D eigenvalue weighted by molar-refractivity contribution is 5.79. The average Bonchev–Trinajstić information content (AvgIpc) is 2.35. The number of aliphatic hydroxyl groups is 2. The van der Waals surface area contributed by atoms with Gasteiger partial charge in [0.2, 0.25) is 5.91 Å². The number of carbonyl (C=O) groups excluding carboxylic acids is 1. The van der Waals surface area contributed by atoms with Gasteiger partial charge in [-0.3, -0.25) is 14.9 Å². The summed E-state index contributed by atoms with van der Waals surface area (Å²) in [5.74, 6) is -0.959. The lowest BCUT2D eigenvalue weighted by atomic mass is 10.0. The molecule has 18 heavy (non-hydrogen) atoms. The molecule has 0 fully saturated rings. The zero-order chi connectivity index (χ0) is 13.9. The molecule has 1 aromatic rings. The van der Waals surface area contributed by atoms with Crippen molar-refractivity contribution in [3.8, 4) is 5.75 Å². The molecule has 0 heterocycles. The van der Waals surface area contributed by atoms with Gasteiger partial charge in [-0.05, 0) is 12.1 Å². The number of hydrogen-bond acceptors (Lipinski definition) is 6. The third kappa shape index (κ3) is 2.73. The summed E-state index contributed by atoms with van der Waals surface area (Å²) in [5, 5.41) is 29.8. The van der Waals surface area contributed by atoms with Crippen LogP contribution in [0.4, 0.5) is 5.69 Å². The van der Waals surface area contributed by atoms with Crippen LogP contribution in [0.3, 0.4) is 0 Å². The number of ether oxygens (including phenoxy) is 1. The first-order chi connectivity index (χ1) is 8.38. The van der Waals surface area contributed by atoms with E-state index in [0.29, 0.717) is 0 Å². The van der Waals surface area contributed by atoms with Crippen LogP contribution in [0.25, 0.3) is 0 Å². The van der Waals surface area contributed by atoms with Crippen LogP contribution in [0.5, 0.6) is 5.75 Å². The summed E-state index contributed by atoms with van der Waals surface area (Å²) in [4.78, 5) is 20.8. The molecule has 98 valence electrons. The van der Waals surface area contributed by atoms with Crippen LogP contribution < -0.4 is 10.5 Å². The second-order valence-electron chi connectivity index (χ2n) is 3.47. The fraction of sp³-hybridized carbons (Fsp3) is 0.300. The molecule has 0 aliphatic rings. The summed E-state index contributed by atoms with van der Waals surface area (Å²) in [6.45, 7) is 0. The Morgan fingerprint density at radius 2 is 2.11 bits per heavy atom. The highest BCUT2D eigenvalue weighted by Gasteiger charge is 2.29. The minimum Gasteiger partial charge on any atom is -0.497 e. The van der Waals surface area contributed by atoms with E-state index in [0.717, 1.165) is 6.07 Å². The number of rotatable bonds is 5. The van der Waals surface area contributed by atoms with E-state index in [2.05, 4.69) is 0 Å². The van der Waals surface area contributed by atoms with Gasteiger partial charge < -0.3 is 20.7 Å². The Labute approximate surface area is 102 Å². The van der Waals surface area contributed by atoms with Crippen molar-refractivity contribution in [2.24, 2.45) is 5.73 Å². The van der Waals surface area contributed by atoms with Crippen molar-refractivity contribution in [1.82, 2.24) is 0 Å². The molecule has 2 unspecified atom stereocenters. The molecule has 0 bridgehead atoms. The van der Waals surface area contributed by atoms with E-state index in [1.54, 1.807) is 0 Å². The minimum atomic E-state index is -1.92. The third-order valence-electron chi connectivity index (χ3n) is 2.34. The van der Waals surface area contributed by atoms with E-state index in [1.165, 1.54) is 19.2 Å². The maximum absolute atomic E-state index is 10.8. The molecule has 1 rings (SSSR count). The number of nitrogens with two attached hydrogens (primary N) is 1. The number of amides is 1. The first-order valence-electron chi connectivity index (χ1n) is 4.86. The predicted octanol–water partition coefficient (Wildman–Crippen LogP) is -0.517. The molecule has 2 atom stereocenters. The van der Waals surface area contributed by atoms with Crippen LogP contribution in [-0.4, -0.2) is 34.3 Å². The molecule has 1 amide bonds. The normalized spacial score (nSPS) is 13.7. The molecule has 0 aliphatic carbocycles. The smallest absolute Gasteiger partial charge is 0.279 e. The molecule has 0 saturated heterocycles. The minimum absolute atomic E-state index is 0.214. The van der Waals surface area contributed by atoms with E-state index in [4.69, 9.17) is 10.5 Å². The quantitative estimate of drug-likeness (QED) is 0.479. The van der Waals surface area contributed by atoms with Crippen molar-refractivity contribution < 1.29 is 24.7 Å². The van der Waals surface area contributed by atoms with Gasteiger partial charge in [0.25, 0.3) is 5.69 Å². The number of nitrogens with zero attached hydrogens (tertiary/aromatic N) is 1. The number of nitro groups is 1. The van der Waals surface area contributed by atoms with E-state index in [9.17, 15) is 25.1 Å². The maximum Gasteiger partial charge on any atom is 0.279 e. The summed E-state index contributed by atoms with van der Waals surface area (Å²) in [6.07, 6.45) is -3.69. The van der Waals surface area contributed by atoms with Crippen LogP contribution in [0.1, 0.15) is 11.7 Å². The summed E-state index contributed by atoms with van der Waals surface area (Å²) in [6, 6.07) is 3.62. The highest BCUT2D eigenvalue weighted by Crippen LogP contribution is 2.30. The second-order valence-corrected chi connectivity index (χ2v) is 3.47. The Morgan fingerprint density at radius 1 is 1.50 bits per heavy atom. The molecule has 0 aliphatic heterocycles. The molecule has 0 saturated carbocycles. The van der Waals surface area contributed by atoms with E-state index in [-0.39, 0.29) is 11.3 Å². The Hall–Kier alpha value is -2.19. The molecule has 8 heteroatoms. The summed E-state index contributed by atoms with van der Waals surface area (Å²) in [5.41, 5.74) is 4.13. The molecule has 8 nitrogen and oxygen atoms in total. The fourth-order valence-corrected chi connectivity index (χ4v) is 1.38. The van der Waals surface area contributed by atoms with Gasteiger partial charge in [0.15, 0.2) is 6.10 Å². The number of benzene rings is 1. The number of hydrogen-bond donors (Lipinski definition) is 3. The Kier molecular flexibility index (Phi) is 4.18. The number of nitro benzene ring substituents is 1. The Balaban J connectivity index is 3.23. The lowest BCUT2D eigenvalue weighted by Gasteiger charge is -2.15. The van der Waals surface area contributed by atoms with Gasteiger partial charge in [-0.2, -0.15) is 0 Å². The van der Waals surface area contributed by atoms with Crippen LogP contribution in [-0.2, 0) is 4.79 Å². The summed E-state index contributed by atoms with van der Waals surface area (Å²) >= 11 is 0. The molecule has 0 aromatic heterocycles. The molecule has 0 radical (unpaired) electrons. The SMILES string of the molecule is COc1ccc(C(O)C(O)C(N)=O)c([N+](=O)[O-])c1. The molecule has 1 aromatic carbocycles. The molecular formula is C10H12N2O6. The Bertz CT molecular complexity index is 475. The fourth-order valence-electron chi connectivity index (χ4n) is 1.38. The summed E-state index contributed by atoms with van der Waals surface area (Å²) in [7, 11) is 1.33. The molecular weight excluding hydrogens is 244 g/mol. The van der Waals surface area contributed by atoms with Gasteiger partial charge in [-0.15, -0.1) is 0 Å². The number of primary amides is 1. The van der Waals surface area contributed by atoms with Crippen molar-refractivity contribution in [1.29, 1.82) is 0 Å². The number of aliphatic hydroxyl groups excluding tert-OH is 2. The number of carbonyl (C=O) groups is 1. The lowest BCUT2D eigenvalue weighted by Crippen LogP contribution is -2.34. The van der Waals surface area contributed by atoms with Crippen molar-refractivity contribution in [2.75, 3.05) is 7.11 Å². The third-order valence-corrected chi connectivity index (χ3v) is 2.34. The largest absolute Gasteiger partial charge is 0.497 e. The standard InChI is InChI=1S/C10H12N2O6/c1-18-5-2-3-6(7(4-5)12(16)17)8(13)9(14)10(11)15/h2-4,8-9,13-14H,1H3,(H2,11,15). The van der Waals surface area contributed by atoms with Gasteiger partial charge in [0.05, 0.1) is 23.7 Å². The van der Waals surface area contributed by atoms with Gasteiger partial charge >= 0.3 is 0 Å². The van der Waals surface area contributed by atoms with Crippen molar-refractivity contribution >= 4 is 11.6 Å². The van der Waals surface area contributed by atoms with Gasteiger partial charge in [-0.1, -0.05) is 0 Å². The second kappa shape index (κ2) is 5.43. The van der Waals surface area contributed by atoms with Crippen LogP contribution in [0.15, 0.2) is 18.2 Å². The maximum atomic E-state index is 10.8. The average molecular weight is 256 g/mol. The monoisotopic (exact) mass is 256 g/mol. The van der Waals surface area contributed by atoms with Crippen LogP contribution in [0, 0.1) is 10.1 Å². The van der Waals surface area contributed by atoms with Gasteiger partial charge in [-0.25, -0.2) is 0 Å². The first-order valence-corrected chi connectivity index (χ1v) is 4.86. The molecule has 0 spiro atoms. The first kappa shape index (κ1) is 13.9. The van der Waals surface area contributed by atoms with Crippen molar-refractivity contribution in [3.05, 3.63) is 33.9 Å². The van der Waals surface area contributed by atoms with E-state index in [1.807, 2.05) is 0 Å². The number of methoxy groups -OCH3 is 1. The zero-order valence-electron chi connectivity index (χ0n) is 9.44. The van der Waals surface area contributed by atoms with Crippen molar-refractivity contribution in [2.45, 2.75) is 12.2 Å². The van der Waals surface area contributed by atoms with Gasteiger partial charge in [0.1, 0.15) is 11.9 Å². The topological polar surface area (TPSA) is 136 Å². The highest BCUT2D eigenvalue weighted by atomic mass is 16.6. The van der Waals surface area contributed by atoms with Crippen molar-refractivity contribution in [3.63, 3.8) is 0 Å². The van der Waals surface area contributed by atoms with Crippen LogP contribution in [0.2, 0.25) is 0 Å². The lowest BCUT2D eigenvalue weighted by molar-refractivity contribution is -0.386. The van der Waals surface area contributed by atoms with Gasteiger partial charge in [0, 0.05) is 0 Å².